The fraction of sp³-hybridized carbons (Fsp3) is 0.500. The summed E-state index contributed by atoms with van der Waals surface area (Å²) < 4.78 is 0. The first-order valence-corrected chi connectivity index (χ1v) is 6.25. The van der Waals surface area contributed by atoms with Crippen LogP contribution in [0.1, 0.15) is 25.5 Å². The predicted molar refractivity (Wildman–Crippen MR) is 75.2 cm³/mol. The van der Waals surface area contributed by atoms with E-state index in [1.807, 2.05) is 24.3 Å². The van der Waals surface area contributed by atoms with Crippen molar-refractivity contribution in [2.75, 3.05) is 32.9 Å². The van der Waals surface area contributed by atoms with Crippen LogP contribution in [0, 0.1) is 0 Å². The highest BCUT2D eigenvalue weighted by Gasteiger charge is 2.18. The molecule has 0 heterocycles. The van der Waals surface area contributed by atoms with E-state index in [2.05, 4.69) is 18.7 Å². The van der Waals surface area contributed by atoms with Crippen LogP contribution in [0.3, 0.4) is 0 Å². The van der Waals surface area contributed by atoms with Crippen molar-refractivity contribution in [3.05, 3.63) is 29.8 Å². The van der Waals surface area contributed by atoms with Gasteiger partial charge in [0.15, 0.2) is 0 Å². The molecular weight excluding hydrogens is 226 g/mol. The monoisotopic (exact) mass is 249 g/mol. The number of rotatable bonds is 5. The lowest BCUT2D eigenvalue weighted by Gasteiger charge is -2.28. The van der Waals surface area contributed by atoms with E-state index in [4.69, 9.17) is 5.73 Å². The number of nitrogen functional groups attached to an aromatic ring is 1. The van der Waals surface area contributed by atoms with E-state index in [-0.39, 0.29) is 11.9 Å². The number of amides is 1. The van der Waals surface area contributed by atoms with Crippen molar-refractivity contribution in [1.29, 1.82) is 0 Å². The highest BCUT2D eigenvalue weighted by atomic mass is 16.2. The number of nitrogens with zero attached hydrogens (tertiary/aromatic N) is 2. The minimum absolute atomic E-state index is 0.118. The number of carbonyl (C=O) groups excluding carboxylic acids is 1. The van der Waals surface area contributed by atoms with Crippen molar-refractivity contribution in [3.63, 3.8) is 0 Å². The maximum absolute atomic E-state index is 11.8. The summed E-state index contributed by atoms with van der Waals surface area (Å²) in [5.41, 5.74) is 7.69. The van der Waals surface area contributed by atoms with Crippen LogP contribution < -0.4 is 5.73 Å². The molecule has 0 saturated heterocycles. The molecule has 0 saturated carbocycles. The average molecular weight is 249 g/mol. The molecule has 4 nitrogen and oxygen atoms in total. The van der Waals surface area contributed by atoms with Gasteiger partial charge in [0, 0.05) is 25.8 Å². The lowest BCUT2D eigenvalue weighted by Crippen LogP contribution is -2.37. The Morgan fingerprint density at radius 2 is 2.06 bits per heavy atom. The molecule has 1 rings (SSSR count). The SMILES string of the molecule is CCN(CC(=O)N(C)C)C(C)c1cccc(N)c1. The maximum atomic E-state index is 11.8. The first kappa shape index (κ1) is 14.5. The van der Waals surface area contributed by atoms with E-state index in [1.165, 1.54) is 0 Å². The molecule has 0 fully saturated rings. The molecule has 1 amide bonds. The van der Waals surface area contributed by atoms with E-state index >= 15 is 0 Å². The third-order valence-corrected chi connectivity index (χ3v) is 3.18. The normalized spacial score (nSPS) is 12.5. The van der Waals surface area contributed by atoms with Gasteiger partial charge < -0.3 is 10.6 Å². The molecule has 0 spiro atoms. The van der Waals surface area contributed by atoms with Crippen LogP contribution in [-0.2, 0) is 4.79 Å². The second-order valence-corrected chi connectivity index (χ2v) is 4.70. The van der Waals surface area contributed by atoms with Crippen LogP contribution in [0.5, 0.6) is 0 Å². The molecule has 18 heavy (non-hydrogen) atoms. The number of benzene rings is 1. The Labute approximate surface area is 109 Å². The van der Waals surface area contributed by atoms with Gasteiger partial charge in [-0.25, -0.2) is 0 Å². The van der Waals surface area contributed by atoms with Crippen molar-refractivity contribution in [2.45, 2.75) is 19.9 Å². The van der Waals surface area contributed by atoms with E-state index < -0.39 is 0 Å². The molecule has 1 aromatic rings. The van der Waals surface area contributed by atoms with Gasteiger partial charge in [-0.1, -0.05) is 19.1 Å². The van der Waals surface area contributed by atoms with Gasteiger partial charge in [-0.05, 0) is 31.2 Å². The second kappa shape index (κ2) is 6.40. The molecule has 4 heteroatoms. The quantitative estimate of drug-likeness (QED) is 0.809. The van der Waals surface area contributed by atoms with Gasteiger partial charge in [0.25, 0.3) is 0 Å². The number of anilines is 1. The standard InChI is InChI=1S/C14H23N3O/c1-5-17(10-14(18)16(3)4)11(2)12-7-6-8-13(15)9-12/h6-9,11H,5,10,15H2,1-4H3. The maximum Gasteiger partial charge on any atom is 0.236 e. The van der Waals surface area contributed by atoms with Crippen LogP contribution in [0.2, 0.25) is 0 Å². The fourth-order valence-corrected chi connectivity index (χ4v) is 1.87. The molecule has 0 aromatic heterocycles. The number of likely N-dealkylation sites (N-methyl/N-ethyl adjacent to an activating group) is 2. The second-order valence-electron chi connectivity index (χ2n) is 4.70. The lowest BCUT2D eigenvalue weighted by molar-refractivity contribution is -0.130. The summed E-state index contributed by atoms with van der Waals surface area (Å²) >= 11 is 0. The lowest BCUT2D eigenvalue weighted by atomic mass is 10.1. The first-order chi connectivity index (χ1) is 8.45. The molecule has 1 unspecified atom stereocenters. The summed E-state index contributed by atoms with van der Waals surface area (Å²) in [5.74, 6) is 0.118. The molecule has 0 aliphatic heterocycles. The molecule has 1 atom stereocenters. The van der Waals surface area contributed by atoms with Gasteiger partial charge in [0.05, 0.1) is 6.54 Å². The van der Waals surface area contributed by atoms with E-state index in [0.717, 1.165) is 17.8 Å². The summed E-state index contributed by atoms with van der Waals surface area (Å²) in [6, 6.07) is 8.01. The Morgan fingerprint density at radius 1 is 1.39 bits per heavy atom. The molecular formula is C14H23N3O. The minimum atomic E-state index is 0.118. The largest absolute Gasteiger partial charge is 0.399 e. The van der Waals surface area contributed by atoms with Gasteiger partial charge in [0.2, 0.25) is 5.91 Å². The minimum Gasteiger partial charge on any atom is -0.399 e. The molecule has 1 aromatic carbocycles. The van der Waals surface area contributed by atoms with Crippen molar-refractivity contribution >= 4 is 11.6 Å². The van der Waals surface area contributed by atoms with Crippen molar-refractivity contribution in [1.82, 2.24) is 9.80 Å². The van der Waals surface area contributed by atoms with E-state index in [0.29, 0.717) is 6.54 Å². The zero-order valence-electron chi connectivity index (χ0n) is 11.7. The van der Waals surface area contributed by atoms with Crippen molar-refractivity contribution in [2.24, 2.45) is 0 Å². The summed E-state index contributed by atoms with van der Waals surface area (Å²) in [7, 11) is 3.56. The number of hydrogen-bond donors (Lipinski definition) is 1. The first-order valence-electron chi connectivity index (χ1n) is 6.25. The molecule has 0 aliphatic rings. The van der Waals surface area contributed by atoms with E-state index in [9.17, 15) is 4.79 Å². The van der Waals surface area contributed by atoms with Crippen LogP contribution >= 0.6 is 0 Å². The van der Waals surface area contributed by atoms with Gasteiger partial charge >= 0.3 is 0 Å². The summed E-state index contributed by atoms with van der Waals surface area (Å²) in [6.45, 7) is 5.42. The molecule has 100 valence electrons. The molecule has 0 aliphatic carbocycles. The topological polar surface area (TPSA) is 49.6 Å². The van der Waals surface area contributed by atoms with Gasteiger partial charge in [-0.3, -0.25) is 9.69 Å². The highest BCUT2D eigenvalue weighted by molar-refractivity contribution is 5.77. The number of nitrogens with two attached hydrogens (primary N) is 1. The summed E-state index contributed by atoms with van der Waals surface area (Å²) in [4.78, 5) is 15.5. The average Bonchev–Trinajstić information content (AvgIpc) is 2.34. The van der Waals surface area contributed by atoms with Crippen LogP contribution in [0.15, 0.2) is 24.3 Å². The Bertz CT molecular complexity index is 404. The van der Waals surface area contributed by atoms with Crippen LogP contribution in [0.25, 0.3) is 0 Å². The smallest absolute Gasteiger partial charge is 0.236 e. The molecule has 0 bridgehead atoms. The number of hydrogen-bond acceptors (Lipinski definition) is 3. The van der Waals surface area contributed by atoms with Crippen LogP contribution in [0.4, 0.5) is 5.69 Å². The number of carbonyl (C=O) groups is 1. The summed E-state index contributed by atoms with van der Waals surface area (Å²) in [6.07, 6.45) is 0. The van der Waals surface area contributed by atoms with Gasteiger partial charge in [0.1, 0.15) is 0 Å². The predicted octanol–water partition coefficient (Wildman–Crippen LogP) is 1.74. The third kappa shape index (κ3) is 3.74. The Kier molecular flexibility index (Phi) is 5.16. The zero-order valence-corrected chi connectivity index (χ0v) is 11.7. The molecule has 2 N–H and O–H groups in total. The Balaban J connectivity index is 2.79. The van der Waals surface area contributed by atoms with E-state index in [1.54, 1.807) is 19.0 Å². The van der Waals surface area contributed by atoms with Crippen molar-refractivity contribution in [3.8, 4) is 0 Å². The Morgan fingerprint density at radius 3 is 2.56 bits per heavy atom. The zero-order chi connectivity index (χ0) is 13.7. The van der Waals surface area contributed by atoms with Crippen LogP contribution in [-0.4, -0.2) is 42.9 Å². The van der Waals surface area contributed by atoms with Gasteiger partial charge in [-0.2, -0.15) is 0 Å². The summed E-state index contributed by atoms with van der Waals surface area (Å²) in [5, 5.41) is 0. The molecule has 0 radical (unpaired) electrons. The van der Waals surface area contributed by atoms with Gasteiger partial charge in [-0.15, -0.1) is 0 Å². The Hall–Kier alpha value is -1.55. The van der Waals surface area contributed by atoms with Crippen molar-refractivity contribution < 1.29 is 4.79 Å². The fourth-order valence-electron chi connectivity index (χ4n) is 1.87. The highest BCUT2D eigenvalue weighted by Crippen LogP contribution is 2.21. The third-order valence-electron chi connectivity index (χ3n) is 3.18.